The Bertz CT molecular complexity index is 713. The first-order valence-electron chi connectivity index (χ1n) is 8.71. The van der Waals surface area contributed by atoms with Gasteiger partial charge in [0.2, 0.25) is 0 Å². The van der Waals surface area contributed by atoms with Crippen molar-refractivity contribution < 1.29 is 0 Å². The third-order valence-electron chi connectivity index (χ3n) is 4.74. The molecule has 3 rings (SSSR count). The molecule has 1 aliphatic heterocycles. The fourth-order valence-electron chi connectivity index (χ4n) is 3.46. The molecular formula is C21H25N3. The van der Waals surface area contributed by atoms with Gasteiger partial charge < -0.3 is 5.32 Å². The second-order valence-corrected chi connectivity index (χ2v) is 6.83. The summed E-state index contributed by atoms with van der Waals surface area (Å²) < 4.78 is 0. The molecule has 2 aromatic rings. The topological polar surface area (TPSA) is 39.1 Å². The molecule has 0 amide bonds. The van der Waals surface area contributed by atoms with Gasteiger partial charge in [-0.1, -0.05) is 50.2 Å². The van der Waals surface area contributed by atoms with Gasteiger partial charge in [-0.05, 0) is 34.7 Å². The molecule has 3 heteroatoms. The third-order valence-corrected chi connectivity index (χ3v) is 4.74. The molecule has 0 saturated carbocycles. The molecule has 0 radical (unpaired) electrons. The Hall–Kier alpha value is -2.15. The van der Waals surface area contributed by atoms with Crippen molar-refractivity contribution >= 4 is 0 Å². The van der Waals surface area contributed by atoms with Crippen LogP contribution in [0.3, 0.4) is 0 Å². The highest BCUT2D eigenvalue weighted by Gasteiger charge is 2.23. The largest absolute Gasteiger partial charge is 0.308 e. The Balaban J connectivity index is 1.71. The van der Waals surface area contributed by atoms with E-state index in [0.717, 1.165) is 31.7 Å². The van der Waals surface area contributed by atoms with Crippen LogP contribution >= 0.6 is 0 Å². The second kappa shape index (κ2) is 7.61. The Labute approximate surface area is 144 Å². The summed E-state index contributed by atoms with van der Waals surface area (Å²) in [5.41, 5.74) is 4.86. The van der Waals surface area contributed by atoms with Crippen LogP contribution < -0.4 is 5.32 Å². The summed E-state index contributed by atoms with van der Waals surface area (Å²) in [7, 11) is 0. The molecule has 0 bridgehead atoms. The zero-order valence-electron chi connectivity index (χ0n) is 14.5. The molecule has 1 saturated heterocycles. The smallest absolute Gasteiger partial charge is 0.0991 e. The Morgan fingerprint density at radius 3 is 2.62 bits per heavy atom. The van der Waals surface area contributed by atoms with E-state index < -0.39 is 0 Å². The highest BCUT2D eigenvalue weighted by molar-refractivity contribution is 5.34. The highest BCUT2D eigenvalue weighted by atomic mass is 15.2. The van der Waals surface area contributed by atoms with Gasteiger partial charge in [0.25, 0.3) is 0 Å². The van der Waals surface area contributed by atoms with Crippen molar-refractivity contribution in [1.29, 1.82) is 5.26 Å². The number of hydrogen-bond donors (Lipinski definition) is 1. The maximum Gasteiger partial charge on any atom is 0.0991 e. The highest BCUT2D eigenvalue weighted by Crippen LogP contribution is 2.27. The molecule has 0 aromatic heterocycles. The van der Waals surface area contributed by atoms with Crippen molar-refractivity contribution in [3.8, 4) is 6.07 Å². The number of nitriles is 1. The summed E-state index contributed by atoms with van der Waals surface area (Å²) in [6, 6.07) is 19.3. The van der Waals surface area contributed by atoms with E-state index in [1.807, 2.05) is 12.1 Å². The van der Waals surface area contributed by atoms with E-state index in [4.69, 9.17) is 5.26 Å². The fraction of sp³-hybridized carbons (Fsp3) is 0.381. The van der Waals surface area contributed by atoms with Crippen LogP contribution in [0.4, 0.5) is 0 Å². The van der Waals surface area contributed by atoms with Gasteiger partial charge in [0, 0.05) is 32.2 Å². The molecule has 3 nitrogen and oxygen atoms in total. The Morgan fingerprint density at radius 2 is 1.92 bits per heavy atom. The number of rotatable bonds is 4. The standard InChI is InChI=1S/C21H25N3/c1-16(2)19-5-3-4-6-20(19)21-15-24(12-11-23-21)14-18-9-7-17(13-22)8-10-18/h3-10,16,21,23H,11-12,14-15H2,1-2H3/t21-/m0/s1. The quantitative estimate of drug-likeness (QED) is 0.931. The summed E-state index contributed by atoms with van der Waals surface area (Å²) in [6.07, 6.45) is 0. The van der Waals surface area contributed by atoms with Crippen LogP contribution in [0.5, 0.6) is 0 Å². The average molecular weight is 319 g/mol. The molecule has 1 N–H and O–H groups in total. The van der Waals surface area contributed by atoms with Gasteiger partial charge in [0.05, 0.1) is 11.6 Å². The summed E-state index contributed by atoms with van der Waals surface area (Å²) in [5, 5.41) is 12.6. The van der Waals surface area contributed by atoms with Crippen LogP contribution in [0, 0.1) is 11.3 Å². The zero-order valence-corrected chi connectivity index (χ0v) is 14.5. The van der Waals surface area contributed by atoms with Gasteiger partial charge in [-0.15, -0.1) is 0 Å². The molecule has 1 fully saturated rings. The van der Waals surface area contributed by atoms with Gasteiger partial charge in [0.1, 0.15) is 0 Å². The molecular weight excluding hydrogens is 294 g/mol. The van der Waals surface area contributed by atoms with Gasteiger partial charge >= 0.3 is 0 Å². The van der Waals surface area contributed by atoms with Crippen LogP contribution in [0.2, 0.25) is 0 Å². The maximum atomic E-state index is 8.91. The van der Waals surface area contributed by atoms with E-state index in [1.54, 1.807) is 0 Å². The first kappa shape index (κ1) is 16.7. The summed E-state index contributed by atoms with van der Waals surface area (Å²) in [6.45, 7) is 8.54. The van der Waals surface area contributed by atoms with Crippen molar-refractivity contribution in [2.75, 3.05) is 19.6 Å². The third kappa shape index (κ3) is 3.84. The van der Waals surface area contributed by atoms with Crippen LogP contribution in [0.1, 0.15) is 48.1 Å². The van der Waals surface area contributed by atoms with Crippen LogP contribution in [-0.4, -0.2) is 24.5 Å². The Morgan fingerprint density at radius 1 is 1.17 bits per heavy atom. The minimum Gasteiger partial charge on any atom is -0.308 e. The molecule has 1 heterocycles. The van der Waals surface area contributed by atoms with Crippen LogP contribution in [-0.2, 0) is 6.54 Å². The molecule has 0 unspecified atom stereocenters. The second-order valence-electron chi connectivity index (χ2n) is 6.83. The number of nitrogens with one attached hydrogen (secondary N) is 1. The predicted octanol–water partition coefficient (Wildman–Crippen LogP) is 3.83. The van der Waals surface area contributed by atoms with E-state index in [2.05, 4.69) is 66.5 Å². The molecule has 0 spiro atoms. The van der Waals surface area contributed by atoms with E-state index in [9.17, 15) is 0 Å². The van der Waals surface area contributed by atoms with Crippen molar-refractivity contribution in [1.82, 2.24) is 10.2 Å². The lowest BCUT2D eigenvalue weighted by Gasteiger charge is -2.35. The molecule has 1 aliphatic rings. The minimum absolute atomic E-state index is 0.385. The Kier molecular flexibility index (Phi) is 5.30. The van der Waals surface area contributed by atoms with Crippen LogP contribution in [0.15, 0.2) is 48.5 Å². The normalized spacial score (nSPS) is 18.5. The molecule has 124 valence electrons. The first-order chi connectivity index (χ1) is 11.7. The average Bonchev–Trinajstić information content (AvgIpc) is 2.62. The van der Waals surface area contributed by atoms with Crippen molar-refractivity contribution in [2.24, 2.45) is 0 Å². The predicted molar refractivity (Wildman–Crippen MR) is 97.7 cm³/mol. The fourth-order valence-corrected chi connectivity index (χ4v) is 3.46. The molecule has 1 atom stereocenters. The summed E-state index contributed by atoms with van der Waals surface area (Å²) in [5.74, 6) is 0.539. The first-order valence-corrected chi connectivity index (χ1v) is 8.71. The van der Waals surface area contributed by atoms with Gasteiger partial charge in [-0.25, -0.2) is 0 Å². The lowest BCUT2D eigenvalue weighted by Crippen LogP contribution is -2.45. The minimum atomic E-state index is 0.385. The SMILES string of the molecule is CC(C)c1ccccc1[C@@H]1CN(Cc2ccc(C#N)cc2)CCN1. The molecule has 0 aliphatic carbocycles. The van der Waals surface area contributed by atoms with E-state index >= 15 is 0 Å². The lowest BCUT2D eigenvalue weighted by molar-refractivity contribution is 0.192. The van der Waals surface area contributed by atoms with Crippen LogP contribution in [0.25, 0.3) is 0 Å². The molecule has 24 heavy (non-hydrogen) atoms. The van der Waals surface area contributed by atoms with Gasteiger partial charge in [-0.2, -0.15) is 5.26 Å². The van der Waals surface area contributed by atoms with Gasteiger partial charge in [0.15, 0.2) is 0 Å². The monoisotopic (exact) mass is 319 g/mol. The van der Waals surface area contributed by atoms with Gasteiger partial charge in [-0.3, -0.25) is 4.90 Å². The zero-order chi connectivity index (χ0) is 16.9. The van der Waals surface area contributed by atoms with Crippen molar-refractivity contribution in [2.45, 2.75) is 32.4 Å². The lowest BCUT2D eigenvalue weighted by atomic mass is 9.92. The van der Waals surface area contributed by atoms with E-state index in [0.29, 0.717) is 12.0 Å². The van der Waals surface area contributed by atoms with E-state index in [1.165, 1.54) is 16.7 Å². The van der Waals surface area contributed by atoms with E-state index in [-0.39, 0.29) is 0 Å². The number of hydrogen-bond acceptors (Lipinski definition) is 3. The number of nitrogens with zero attached hydrogens (tertiary/aromatic N) is 2. The van der Waals surface area contributed by atoms with Crippen molar-refractivity contribution in [3.63, 3.8) is 0 Å². The molecule has 2 aromatic carbocycles. The summed E-state index contributed by atoms with van der Waals surface area (Å²) in [4.78, 5) is 2.50. The number of piperazine rings is 1. The number of benzene rings is 2. The van der Waals surface area contributed by atoms with Crippen molar-refractivity contribution in [3.05, 3.63) is 70.8 Å². The summed E-state index contributed by atoms with van der Waals surface area (Å²) >= 11 is 0. The maximum absolute atomic E-state index is 8.91.